The number of carbonyl (C=O) groups is 1. The van der Waals surface area contributed by atoms with Gasteiger partial charge in [-0.3, -0.25) is 4.79 Å². The molecule has 2 heterocycles. The first kappa shape index (κ1) is 21.5. The van der Waals surface area contributed by atoms with E-state index in [2.05, 4.69) is 10.3 Å². The Morgan fingerprint density at radius 3 is 2.62 bits per heavy atom. The summed E-state index contributed by atoms with van der Waals surface area (Å²) in [5, 5.41) is 2.96. The summed E-state index contributed by atoms with van der Waals surface area (Å²) < 4.78 is 30.0. The SMILES string of the molecule is Cc1cc(C)c(S(=O)(=O)N2CCC[C@H](C(=O)NCCCn3ccnc3)C2)c(C)c1. The van der Waals surface area contributed by atoms with E-state index < -0.39 is 10.0 Å². The number of nitrogens with zero attached hydrogens (tertiary/aromatic N) is 3. The Bertz CT molecular complexity index is 931. The van der Waals surface area contributed by atoms with Crippen molar-refractivity contribution in [1.29, 1.82) is 0 Å². The molecule has 0 aliphatic carbocycles. The number of aromatic nitrogens is 2. The Morgan fingerprint density at radius 2 is 1.97 bits per heavy atom. The van der Waals surface area contributed by atoms with E-state index >= 15 is 0 Å². The second kappa shape index (κ2) is 9.09. The van der Waals surface area contributed by atoms with Gasteiger partial charge in [0.2, 0.25) is 15.9 Å². The molecule has 3 rings (SSSR count). The van der Waals surface area contributed by atoms with Crippen molar-refractivity contribution in [2.45, 2.75) is 51.5 Å². The van der Waals surface area contributed by atoms with Crippen molar-refractivity contribution in [3.05, 3.63) is 47.5 Å². The molecule has 1 aliphatic heterocycles. The van der Waals surface area contributed by atoms with E-state index in [1.807, 2.05) is 43.7 Å². The Balaban J connectivity index is 1.61. The van der Waals surface area contributed by atoms with E-state index in [4.69, 9.17) is 0 Å². The molecular weight excluding hydrogens is 388 g/mol. The summed E-state index contributed by atoms with van der Waals surface area (Å²) in [5.74, 6) is -0.370. The van der Waals surface area contributed by atoms with Crippen LogP contribution in [0.2, 0.25) is 0 Å². The molecule has 1 fully saturated rings. The summed E-state index contributed by atoms with van der Waals surface area (Å²) in [5.41, 5.74) is 2.56. The van der Waals surface area contributed by atoms with E-state index in [0.29, 0.717) is 30.8 Å². The number of amides is 1. The fourth-order valence-corrected chi connectivity index (χ4v) is 6.05. The zero-order valence-electron chi connectivity index (χ0n) is 17.4. The van der Waals surface area contributed by atoms with Crippen LogP contribution in [0.25, 0.3) is 0 Å². The normalized spacial score (nSPS) is 18.0. The van der Waals surface area contributed by atoms with Gasteiger partial charge in [-0.1, -0.05) is 17.7 Å². The van der Waals surface area contributed by atoms with Gasteiger partial charge >= 0.3 is 0 Å². The molecule has 2 aromatic rings. The number of imidazole rings is 1. The molecule has 0 unspecified atom stereocenters. The number of rotatable bonds is 7. The van der Waals surface area contributed by atoms with E-state index in [1.165, 1.54) is 4.31 Å². The Labute approximate surface area is 173 Å². The standard InChI is InChI=1S/C21H30N4O3S/c1-16-12-17(2)20(18(3)13-16)29(27,28)25-10-4-6-19(14-25)21(26)23-7-5-9-24-11-8-22-15-24/h8,11-13,15,19H,4-7,9-10,14H2,1-3H3,(H,23,26)/t19-/m0/s1. The fraction of sp³-hybridized carbons (Fsp3) is 0.524. The van der Waals surface area contributed by atoms with Gasteiger partial charge in [0.15, 0.2) is 0 Å². The predicted molar refractivity (Wildman–Crippen MR) is 112 cm³/mol. The third-order valence-electron chi connectivity index (χ3n) is 5.41. The van der Waals surface area contributed by atoms with Crippen LogP contribution < -0.4 is 5.32 Å². The first-order valence-electron chi connectivity index (χ1n) is 10.1. The van der Waals surface area contributed by atoms with Crippen LogP contribution in [0.3, 0.4) is 0 Å². The average molecular weight is 419 g/mol. The molecule has 1 saturated heterocycles. The first-order chi connectivity index (χ1) is 13.8. The number of hydrogen-bond acceptors (Lipinski definition) is 4. The lowest BCUT2D eigenvalue weighted by Crippen LogP contribution is -2.45. The minimum absolute atomic E-state index is 0.0621. The number of benzene rings is 1. The van der Waals surface area contributed by atoms with E-state index in [9.17, 15) is 13.2 Å². The maximum absolute atomic E-state index is 13.3. The third kappa shape index (κ3) is 5.05. The van der Waals surface area contributed by atoms with Crippen LogP contribution in [-0.2, 0) is 21.4 Å². The molecule has 1 N–H and O–H groups in total. The molecule has 1 atom stereocenters. The average Bonchev–Trinajstić information content (AvgIpc) is 3.17. The minimum Gasteiger partial charge on any atom is -0.356 e. The molecule has 0 radical (unpaired) electrons. The molecule has 0 bridgehead atoms. The monoisotopic (exact) mass is 418 g/mol. The minimum atomic E-state index is -3.62. The fourth-order valence-electron chi connectivity index (χ4n) is 4.11. The van der Waals surface area contributed by atoms with Gasteiger partial charge in [-0.2, -0.15) is 4.31 Å². The second-order valence-corrected chi connectivity index (χ2v) is 9.75. The largest absolute Gasteiger partial charge is 0.356 e. The van der Waals surface area contributed by atoms with E-state index in [0.717, 1.165) is 29.7 Å². The van der Waals surface area contributed by atoms with Crippen molar-refractivity contribution in [3.8, 4) is 0 Å². The number of aryl methyl sites for hydroxylation is 4. The topological polar surface area (TPSA) is 84.3 Å². The van der Waals surface area contributed by atoms with Gasteiger partial charge in [0.05, 0.1) is 17.1 Å². The summed E-state index contributed by atoms with van der Waals surface area (Å²) in [6.45, 7) is 7.68. The molecule has 1 aromatic carbocycles. The lowest BCUT2D eigenvalue weighted by atomic mass is 9.99. The number of sulfonamides is 1. The van der Waals surface area contributed by atoms with Gasteiger partial charge in [0.1, 0.15) is 0 Å². The van der Waals surface area contributed by atoms with Crippen molar-refractivity contribution in [1.82, 2.24) is 19.2 Å². The number of nitrogens with one attached hydrogen (secondary N) is 1. The van der Waals surface area contributed by atoms with Crippen molar-refractivity contribution >= 4 is 15.9 Å². The molecule has 1 aromatic heterocycles. The Kier molecular flexibility index (Phi) is 6.74. The summed E-state index contributed by atoms with van der Waals surface area (Å²) in [7, 11) is -3.62. The highest BCUT2D eigenvalue weighted by atomic mass is 32.2. The Hall–Kier alpha value is -2.19. The van der Waals surface area contributed by atoms with E-state index in [-0.39, 0.29) is 18.4 Å². The third-order valence-corrected chi connectivity index (χ3v) is 7.58. The zero-order chi connectivity index (χ0) is 21.0. The van der Waals surface area contributed by atoms with Crippen LogP contribution in [0, 0.1) is 26.7 Å². The number of hydrogen-bond donors (Lipinski definition) is 1. The van der Waals surface area contributed by atoms with Gasteiger partial charge in [0, 0.05) is 38.6 Å². The first-order valence-corrected chi connectivity index (χ1v) is 11.5. The van der Waals surface area contributed by atoms with Crippen LogP contribution in [-0.4, -0.2) is 47.8 Å². The van der Waals surface area contributed by atoms with Crippen LogP contribution in [0.4, 0.5) is 0 Å². The molecule has 158 valence electrons. The molecule has 1 amide bonds. The smallest absolute Gasteiger partial charge is 0.243 e. The molecule has 8 heteroatoms. The maximum atomic E-state index is 13.3. The zero-order valence-corrected chi connectivity index (χ0v) is 18.2. The Morgan fingerprint density at radius 1 is 1.24 bits per heavy atom. The van der Waals surface area contributed by atoms with Gasteiger partial charge < -0.3 is 9.88 Å². The summed E-state index contributed by atoms with van der Waals surface area (Å²) in [6, 6.07) is 3.79. The van der Waals surface area contributed by atoms with Crippen LogP contribution in [0.15, 0.2) is 35.7 Å². The molecular formula is C21H30N4O3S. The van der Waals surface area contributed by atoms with Crippen molar-refractivity contribution in [2.75, 3.05) is 19.6 Å². The highest BCUT2D eigenvalue weighted by Gasteiger charge is 2.34. The van der Waals surface area contributed by atoms with Gasteiger partial charge in [0.25, 0.3) is 0 Å². The van der Waals surface area contributed by atoms with Crippen molar-refractivity contribution < 1.29 is 13.2 Å². The van der Waals surface area contributed by atoms with Crippen molar-refractivity contribution in [3.63, 3.8) is 0 Å². The lowest BCUT2D eigenvalue weighted by Gasteiger charge is -2.32. The molecule has 7 nitrogen and oxygen atoms in total. The molecule has 29 heavy (non-hydrogen) atoms. The highest BCUT2D eigenvalue weighted by molar-refractivity contribution is 7.89. The molecule has 0 saturated carbocycles. The lowest BCUT2D eigenvalue weighted by molar-refractivity contribution is -0.126. The van der Waals surface area contributed by atoms with Gasteiger partial charge in [-0.05, 0) is 51.2 Å². The van der Waals surface area contributed by atoms with Gasteiger partial charge in [-0.25, -0.2) is 13.4 Å². The quantitative estimate of drug-likeness (QED) is 0.700. The summed E-state index contributed by atoms with van der Waals surface area (Å²) in [4.78, 5) is 17.0. The number of carbonyl (C=O) groups excluding carboxylic acids is 1. The van der Waals surface area contributed by atoms with E-state index in [1.54, 1.807) is 12.5 Å². The summed E-state index contributed by atoms with van der Waals surface area (Å²) >= 11 is 0. The number of piperidine rings is 1. The molecule has 0 spiro atoms. The van der Waals surface area contributed by atoms with Gasteiger partial charge in [-0.15, -0.1) is 0 Å². The second-order valence-electron chi connectivity index (χ2n) is 7.88. The maximum Gasteiger partial charge on any atom is 0.243 e. The van der Waals surface area contributed by atoms with Crippen molar-refractivity contribution in [2.24, 2.45) is 5.92 Å². The van der Waals surface area contributed by atoms with Crippen LogP contribution in [0.1, 0.15) is 36.0 Å². The van der Waals surface area contributed by atoms with Crippen LogP contribution >= 0.6 is 0 Å². The molecule has 1 aliphatic rings. The highest BCUT2D eigenvalue weighted by Crippen LogP contribution is 2.28. The van der Waals surface area contributed by atoms with Crippen LogP contribution in [0.5, 0.6) is 0 Å². The summed E-state index contributed by atoms with van der Waals surface area (Å²) in [6.07, 6.45) is 7.58. The predicted octanol–water partition coefficient (Wildman–Crippen LogP) is 2.42.